The molecule has 2 aromatic rings. The average Bonchev–Trinajstić information content (AvgIpc) is 2.40. The van der Waals surface area contributed by atoms with Crippen LogP contribution in [-0.2, 0) is 16.4 Å². The van der Waals surface area contributed by atoms with E-state index in [2.05, 4.69) is 15.6 Å². The molecule has 0 spiro atoms. The topological polar surface area (TPSA) is 93.9 Å². The van der Waals surface area contributed by atoms with E-state index in [0.717, 1.165) is 0 Å². The number of sulfone groups is 1. The summed E-state index contributed by atoms with van der Waals surface area (Å²) in [6, 6.07) is 7.02. The summed E-state index contributed by atoms with van der Waals surface area (Å²) in [5.74, 6) is 0.0747. The summed E-state index contributed by atoms with van der Waals surface area (Å²) < 4.78 is 23.2. The summed E-state index contributed by atoms with van der Waals surface area (Å²) >= 11 is 0. The van der Waals surface area contributed by atoms with Gasteiger partial charge in [0.25, 0.3) is 5.56 Å². The van der Waals surface area contributed by atoms with Crippen molar-refractivity contribution in [3.63, 3.8) is 0 Å². The van der Waals surface area contributed by atoms with Crippen LogP contribution in [-0.4, -0.2) is 48.5 Å². The number of fused-ring (bicyclic) bond motifs is 1. The van der Waals surface area contributed by atoms with Crippen LogP contribution in [0.4, 0.5) is 0 Å². The molecule has 0 aliphatic carbocycles. The first kappa shape index (κ1) is 14.6. The van der Waals surface area contributed by atoms with Gasteiger partial charge in [-0.3, -0.25) is 4.79 Å². The largest absolute Gasteiger partial charge is 0.314 e. The third-order valence-corrected chi connectivity index (χ3v) is 3.73. The van der Waals surface area contributed by atoms with Crippen molar-refractivity contribution in [1.82, 2.24) is 20.3 Å². The van der Waals surface area contributed by atoms with Crippen molar-refractivity contribution >= 4 is 20.7 Å². The molecule has 0 aliphatic rings. The molecule has 0 saturated carbocycles. The number of rotatable bonds is 6. The lowest BCUT2D eigenvalue weighted by Crippen LogP contribution is -2.31. The normalized spacial score (nSPS) is 11.8. The Morgan fingerprint density at radius 1 is 1.25 bits per heavy atom. The van der Waals surface area contributed by atoms with Gasteiger partial charge in [0.15, 0.2) is 0 Å². The molecule has 20 heavy (non-hydrogen) atoms. The Kier molecular flexibility index (Phi) is 4.46. The maximum atomic E-state index is 12.1. The number of nitrogens with one attached hydrogen (secondary N) is 1. The lowest BCUT2D eigenvalue weighted by molar-refractivity contribution is 0.519. The van der Waals surface area contributed by atoms with Crippen LogP contribution in [0.25, 0.3) is 10.9 Å². The second kappa shape index (κ2) is 6.10. The molecule has 0 bridgehead atoms. The molecule has 2 rings (SSSR count). The highest BCUT2D eigenvalue weighted by Crippen LogP contribution is 2.02. The quantitative estimate of drug-likeness (QED) is 0.717. The molecule has 1 N–H and O–H groups in total. The Balaban J connectivity index is 1.97. The fraction of sp³-hybridized carbons (Fsp3) is 0.417. The Hall–Kier alpha value is -1.80. The molecular formula is C12H16N4O3S. The van der Waals surface area contributed by atoms with Gasteiger partial charge >= 0.3 is 0 Å². The van der Waals surface area contributed by atoms with Crippen molar-refractivity contribution in [2.75, 3.05) is 25.1 Å². The van der Waals surface area contributed by atoms with Crippen molar-refractivity contribution in [3.8, 4) is 0 Å². The third kappa shape index (κ3) is 3.84. The van der Waals surface area contributed by atoms with Crippen LogP contribution in [0.15, 0.2) is 29.1 Å². The van der Waals surface area contributed by atoms with E-state index in [1.165, 1.54) is 10.9 Å². The van der Waals surface area contributed by atoms with Crippen LogP contribution in [0, 0.1) is 0 Å². The molecule has 0 amide bonds. The lowest BCUT2D eigenvalue weighted by atomic mass is 10.2. The fourth-order valence-corrected chi connectivity index (χ4v) is 2.25. The predicted molar refractivity (Wildman–Crippen MR) is 76.4 cm³/mol. The maximum Gasteiger partial charge on any atom is 0.277 e. The van der Waals surface area contributed by atoms with Gasteiger partial charge in [-0.05, 0) is 12.1 Å². The molecule has 0 unspecified atom stereocenters. The van der Waals surface area contributed by atoms with Crippen LogP contribution in [0.3, 0.4) is 0 Å². The first-order chi connectivity index (χ1) is 9.47. The van der Waals surface area contributed by atoms with Gasteiger partial charge in [0.2, 0.25) is 0 Å². The summed E-state index contributed by atoms with van der Waals surface area (Å²) in [5.41, 5.74) is 0.374. The smallest absolute Gasteiger partial charge is 0.277 e. The molecule has 1 aromatic carbocycles. The Bertz CT molecular complexity index is 755. The Morgan fingerprint density at radius 2 is 2.00 bits per heavy atom. The van der Waals surface area contributed by atoms with Gasteiger partial charge in [0.05, 0.1) is 17.7 Å². The van der Waals surface area contributed by atoms with Gasteiger partial charge in [-0.25, -0.2) is 13.1 Å². The molecule has 0 aliphatic heterocycles. The number of nitrogens with zero attached hydrogens (tertiary/aromatic N) is 3. The standard InChI is InChI=1S/C12H16N4O3S/c1-20(18,19)9-7-13-6-8-16-12(17)10-4-2-3-5-11(10)14-15-16/h2-5,13H,6-9H2,1H3. The number of hydrogen-bond acceptors (Lipinski definition) is 6. The van der Waals surface area contributed by atoms with Crippen molar-refractivity contribution < 1.29 is 8.42 Å². The molecule has 1 heterocycles. The molecule has 0 fully saturated rings. The predicted octanol–water partition coefficient (Wildman–Crippen LogP) is -0.574. The van der Waals surface area contributed by atoms with Crippen LogP contribution >= 0.6 is 0 Å². The van der Waals surface area contributed by atoms with Crippen molar-refractivity contribution in [2.45, 2.75) is 6.54 Å². The van der Waals surface area contributed by atoms with Gasteiger partial charge < -0.3 is 5.32 Å². The first-order valence-electron chi connectivity index (χ1n) is 6.18. The van der Waals surface area contributed by atoms with Crippen LogP contribution < -0.4 is 10.9 Å². The van der Waals surface area contributed by atoms with Crippen LogP contribution in [0.5, 0.6) is 0 Å². The molecule has 1 aromatic heterocycles. The monoisotopic (exact) mass is 296 g/mol. The second-order valence-electron chi connectivity index (χ2n) is 4.51. The molecule has 7 nitrogen and oxygen atoms in total. The second-order valence-corrected chi connectivity index (χ2v) is 6.77. The van der Waals surface area contributed by atoms with Crippen LogP contribution in [0.1, 0.15) is 0 Å². The lowest BCUT2D eigenvalue weighted by Gasteiger charge is -2.06. The Labute approximate surface area is 116 Å². The maximum absolute atomic E-state index is 12.1. The van der Waals surface area contributed by atoms with Gasteiger partial charge in [-0.15, -0.1) is 5.10 Å². The van der Waals surface area contributed by atoms with Gasteiger partial charge in [-0.1, -0.05) is 17.3 Å². The molecule has 8 heteroatoms. The fourth-order valence-electron chi connectivity index (χ4n) is 1.74. The third-order valence-electron chi connectivity index (χ3n) is 2.78. The van der Waals surface area contributed by atoms with Gasteiger partial charge in [-0.2, -0.15) is 0 Å². The van der Waals surface area contributed by atoms with E-state index in [9.17, 15) is 13.2 Å². The van der Waals surface area contributed by atoms with Crippen molar-refractivity contribution in [1.29, 1.82) is 0 Å². The van der Waals surface area contributed by atoms with Gasteiger partial charge in [0, 0.05) is 19.3 Å². The highest BCUT2D eigenvalue weighted by Gasteiger charge is 2.05. The van der Waals surface area contributed by atoms with E-state index < -0.39 is 9.84 Å². The molecular weight excluding hydrogens is 280 g/mol. The molecule has 0 atom stereocenters. The Morgan fingerprint density at radius 3 is 2.75 bits per heavy atom. The zero-order valence-electron chi connectivity index (χ0n) is 11.1. The molecule has 108 valence electrons. The first-order valence-corrected chi connectivity index (χ1v) is 8.24. The van der Waals surface area contributed by atoms with Crippen LogP contribution in [0.2, 0.25) is 0 Å². The summed E-state index contributed by atoms with van der Waals surface area (Å²) in [7, 11) is -2.97. The van der Waals surface area contributed by atoms with Crippen molar-refractivity contribution in [3.05, 3.63) is 34.6 Å². The highest BCUT2D eigenvalue weighted by atomic mass is 32.2. The summed E-state index contributed by atoms with van der Waals surface area (Å²) in [6.45, 7) is 1.16. The zero-order valence-corrected chi connectivity index (χ0v) is 11.9. The average molecular weight is 296 g/mol. The van der Waals surface area contributed by atoms with E-state index in [0.29, 0.717) is 30.5 Å². The summed E-state index contributed by atoms with van der Waals surface area (Å²) in [4.78, 5) is 12.1. The minimum absolute atomic E-state index is 0.0747. The molecule has 0 saturated heterocycles. The van der Waals surface area contributed by atoms with Crippen molar-refractivity contribution in [2.24, 2.45) is 0 Å². The van der Waals surface area contributed by atoms with E-state index in [1.54, 1.807) is 24.3 Å². The number of benzene rings is 1. The van der Waals surface area contributed by atoms with Gasteiger partial charge in [0.1, 0.15) is 15.4 Å². The van der Waals surface area contributed by atoms with E-state index in [1.807, 2.05) is 0 Å². The molecule has 0 radical (unpaired) electrons. The minimum atomic E-state index is -2.97. The highest BCUT2D eigenvalue weighted by molar-refractivity contribution is 7.90. The van der Waals surface area contributed by atoms with E-state index in [-0.39, 0.29) is 11.3 Å². The number of aromatic nitrogens is 3. The minimum Gasteiger partial charge on any atom is -0.314 e. The summed E-state index contributed by atoms with van der Waals surface area (Å²) in [6.07, 6.45) is 1.19. The summed E-state index contributed by atoms with van der Waals surface area (Å²) in [5, 5.41) is 11.3. The SMILES string of the molecule is CS(=O)(=O)CCNCCn1nnc2ccccc2c1=O. The zero-order chi connectivity index (χ0) is 14.6. The van der Waals surface area contributed by atoms with E-state index in [4.69, 9.17) is 0 Å². The van der Waals surface area contributed by atoms with E-state index >= 15 is 0 Å². The number of hydrogen-bond donors (Lipinski definition) is 1.